The fraction of sp³-hybridized carbons (Fsp3) is 0.667. The smallest absolute Gasteiger partial charge is 0.240 e. The summed E-state index contributed by atoms with van der Waals surface area (Å²) in [6.45, 7) is 6.80. The molecule has 0 heterocycles. The molecule has 0 radical (unpaired) electrons. The Hall–Kier alpha value is -1.07. The van der Waals surface area contributed by atoms with Crippen LogP contribution in [-0.2, 0) is 10.0 Å². The van der Waals surface area contributed by atoms with E-state index in [2.05, 4.69) is 18.6 Å². The van der Waals surface area contributed by atoms with Gasteiger partial charge in [0, 0.05) is 6.04 Å². The molecule has 1 aliphatic carbocycles. The van der Waals surface area contributed by atoms with Crippen LogP contribution in [0.1, 0.15) is 57.9 Å². The molecule has 1 saturated carbocycles. The van der Waals surface area contributed by atoms with Gasteiger partial charge in [0.05, 0.1) is 11.5 Å². The molecule has 2 rings (SSSR count). The molecule has 2 atom stereocenters. The van der Waals surface area contributed by atoms with Crippen molar-refractivity contribution in [1.82, 2.24) is 4.72 Å². The van der Waals surface area contributed by atoms with E-state index >= 15 is 0 Å². The minimum Gasteiger partial charge on any atom is -0.493 e. The predicted octanol–water partition coefficient (Wildman–Crippen LogP) is 4.03. The van der Waals surface area contributed by atoms with Crippen LogP contribution in [0.25, 0.3) is 0 Å². The lowest BCUT2D eigenvalue weighted by atomic mass is 9.87. The first kappa shape index (κ1) is 18.3. The summed E-state index contributed by atoms with van der Waals surface area (Å²) >= 11 is 0. The van der Waals surface area contributed by atoms with Crippen LogP contribution in [0.4, 0.5) is 0 Å². The number of unbranched alkanes of at least 4 members (excludes halogenated alkanes) is 1. The first-order valence-corrected chi connectivity index (χ1v) is 10.2. The van der Waals surface area contributed by atoms with E-state index in [0.717, 1.165) is 43.4 Å². The molecule has 1 aromatic rings. The Balaban J connectivity index is 2.08. The van der Waals surface area contributed by atoms with Gasteiger partial charge in [0.15, 0.2) is 0 Å². The summed E-state index contributed by atoms with van der Waals surface area (Å²) in [5, 5.41) is 0. The summed E-state index contributed by atoms with van der Waals surface area (Å²) in [5.74, 6) is 1.17. The molecule has 0 unspecified atom stereocenters. The van der Waals surface area contributed by atoms with E-state index in [0.29, 0.717) is 17.4 Å². The standard InChI is InChI=1S/C18H29NO3S/c1-4-5-12-22-18-11-10-16(13-15(18)3)23(20,21)19-17-9-7-6-8-14(17)2/h10-11,13-14,17,19H,4-9,12H2,1-3H3/t14-,17+/m0/s1. The quantitative estimate of drug-likeness (QED) is 0.763. The number of hydrogen-bond acceptors (Lipinski definition) is 3. The van der Waals surface area contributed by atoms with Crippen LogP contribution in [0.3, 0.4) is 0 Å². The number of aryl methyl sites for hydroxylation is 1. The Morgan fingerprint density at radius 2 is 2.00 bits per heavy atom. The molecule has 0 bridgehead atoms. The highest BCUT2D eigenvalue weighted by molar-refractivity contribution is 7.89. The number of ether oxygens (including phenoxy) is 1. The SMILES string of the molecule is CCCCOc1ccc(S(=O)(=O)N[C@@H]2CCCC[C@@H]2C)cc1C. The topological polar surface area (TPSA) is 55.4 Å². The molecule has 4 nitrogen and oxygen atoms in total. The second kappa shape index (κ2) is 8.15. The third-order valence-corrected chi connectivity index (χ3v) is 6.12. The van der Waals surface area contributed by atoms with E-state index in [-0.39, 0.29) is 6.04 Å². The molecule has 1 aromatic carbocycles. The molecule has 130 valence electrons. The van der Waals surface area contributed by atoms with Crippen molar-refractivity contribution < 1.29 is 13.2 Å². The van der Waals surface area contributed by atoms with Gasteiger partial charge in [0.25, 0.3) is 0 Å². The normalized spacial score (nSPS) is 22.0. The number of nitrogens with one attached hydrogen (secondary N) is 1. The first-order valence-electron chi connectivity index (χ1n) is 8.70. The van der Waals surface area contributed by atoms with Crippen molar-refractivity contribution >= 4 is 10.0 Å². The van der Waals surface area contributed by atoms with Crippen molar-refractivity contribution in [2.75, 3.05) is 6.61 Å². The van der Waals surface area contributed by atoms with E-state index in [9.17, 15) is 8.42 Å². The highest BCUT2D eigenvalue weighted by Crippen LogP contribution is 2.27. The fourth-order valence-electron chi connectivity index (χ4n) is 3.04. The highest BCUT2D eigenvalue weighted by Gasteiger charge is 2.27. The van der Waals surface area contributed by atoms with Crippen molar-refractivity contribution in [2.24, 2.45) is 5.92 Å². The number of sulfonamides is 1. The number of hydrogen-bond donors (Lipinski definition) is 1. The largest absolute Gasteiger partial charge is 0.493 e. The molecule has 5 heteroatoms. The third-order valence-electron chi connectivity index (χ3n) is 4.63. The maximum absolute atomic E-state index is 12.6. The van der Waals surface area contributed by atoms with Gasteiger partial charge >= 0.3 is 0 Å². The Morgan fingerprint density at radius 1 is 1.26 bits per heavy atom. The van der Waals surface area contributed by atoms with Crippen LogP contribution < -0.4 is 9.46 Å². The van der Waals surface area contributed by atoms with Crippen molar-refractivity contribution in [3.8, 4) is 5.75 Å². The van der Waals surface area contributed by atoms with Gasteiger partial charge in [-0.2, -0.15) is 0 Å². The van der Waals surface area contributed by atoms with Crippen LogP contribution in [0, 0.1) is 12.8 Å². The van der Waals surface area contributed by atoms with Gasteiger partial charge in [0.2, 0.25) is 10.0 Å². The maximum Gasteiger partial charge on any atom is 0.240 e. The second-order valence-corrected chi connectivity index (χ2v) is 8.33. The van der Waals surface area contributed by atoms with Crippen LogP contribution >= 0.6 is 0 Å². The molecule has 1 N–H and O–H groups in total. The summed E-state index contributed by atoms with van der Waals surface area (Å²) in [4.78, 5) is 0.329. The number of rotatable bonds is 7. The molecule has 1 aliphatic rings. The molecule has 1 fully saturated rings. The molecule has 23 heavy (non-hydrogen) atoms. The maximum atomic E-state index is 12.6. The van der Waals surface area contributed by atoms with Gasteiger partial charge in [-0.05, 0) is 55.9 Å². The first-order chi connectivity index (χ1) is 10.9. The highest BCUT2D eigenvalue weighted by atomic mass is 32.2. The van der Waals surface area contributed by atoms with Crippen molar-refractivity contribution in [1.29, 1.82) is 0 Å². The van der Waals surface area contributed by atoms with E-state index in [1.807, 2.05) is 6.92 Å². The van der Waals surface area contributed by atoms with Crippen LogP contribution in [0.5, 0.6) is 5.75 Å². The minimum atomic E-state index is -3.46. The lowest BCUT2D eigenvalue weighted by Gasteiger charge is -2.29. The van der Waals surface area contributed by atoms with E-state index < -0.39 is 10.0 Å². The van der Waals surface area contributed by atoms with E-state index in [1.54, 1.807) is 18.2 Å². The lowest BCUT2D eigenvalue weighted by molar-refractivity contribution is 0.307. The average molecular weight is 340 g/mol. The molecule has 0 saturated heterocycles. The van der Waals surface area contributed by atoms with Crippen LogP contribution in [0.2, 0.25) is 0 Å². The molecule has 0 spiro atoms. The summed E-state index contributed by atoms with van der Waals surface area (Å²) in [7, 11) is -3.46. The van der Waals surface area contributed by atoms with E-state index in [4.69, 9.17) is 4.74 Å². The fourth-order valence-corrected chi connectivity index (χ4v) is 4.50. The van der Waals surface area contributed by atoms with Crippen molar-refractivity contribution in [3.05, 3.63) is 23.8 Å². The zero-order chi connectivity index (χ0) is 16.9. The van der Waals surface area contributed by atoms with Gasteiger partial charge in [-0.15, -0.1) is 0 Å². The Morgan fingerprint density at radius 3 is 2.65 bits per heavy atom. The summed E-state index contributed by atoms with van der Waals surface area (Å²) < 4.78 is 33.8. The van der Waals surface area contributed by atoms with Gasteiger partial charge < -0.3 is 4.74 Å². The zero-order valence-corrected chi connectivity index (χ0v) is 15.3. The van der Waals surface area contributed by atoms with Gasteiger partial charge in [-0.25, -0.2) is 13.1 Å². The van der Waals surface area contributed by atoms with Gasteiger partial charge in [-0.3, -0.25) is 0 Å². The monoisotopic (exact) mass is 339 g/mol. The lowest BCUT2D eigenvalue weighted by Crippen LogP contribution is -2.40. The Labute approximate surface area is 140 Å². The minimum absolute atomic E-state index is 0.0505. The molecular weight excluding hydrogens is 310 g/mol. The van der Waals surface area contributed by atoms with Gasteiger partial charge in [0.1, 0.15) is 5.75 Å². The zero-order valence-electron chi connectivity index (χ0n) is 14.5. The second-order valence-electron chi connectivity index (χ2n) is 6.62. The Kier molecular flexibility index (Phi) is 6.48. The third kappa shape index (κ3) is 4.95. The van der Waals surface area contributed by atoms with Crippen molar-refractivity contribution in [3.63, 3.8) is 0 Å². The number of benzene rings is 1. The summed E-state index contributed by atoms with van der Waals surface area (Å²) in [6, 6.07) is 5.17. The molecule has 0 aliphatic heterocycles. The summed E-state index contributed by atoms with van der Waals surface area (Å²) in [6.07, 6.45) is 6.40. The summed E-state index contributed by atoms with van der Waals surface area (Å²) in [5.41, 5.74) is 0.862. The average Bonchev–Trinajstić information content (AvgIpc) is 2.51. The van der Waals surface area contributed by atoms with Gasteiger partial charge in [-0.1, -0.05) is 33.1 Å². The van der Waals surface area contributed by atoms with E-state index in [1.165, 1.54) is 6.42 Å². The Bertz CT molecular complexity index is 613. The van der Waals surface area contributed by atoms with Crippen LogP contribution in [-0.4, -0.2) is 21.1 Å². The molecule has 0 amide bonds. The predicted molar refractivity (Wildman–Crippen MR) is 93.3 cm³/mol. The van der Waals surface area contributed by atoms with Crippen LogP contribution in [0.15, 0.2) is 23.1 Å². The molecule has 0 aromatic heterocycles. The van der Waals surface area contributed by atoms with Crippen molar-refractivity contribution in [2.45, 2.75) is 70.2 Å². The molecular formula is C18H29NO3S.